The van der Waals surface area contributed by atoms with Gasteiger partial charge in [0.1, 0.15) is 0 Å². The molecule has 1 rings (SSSR count). The maximum atomic E-state index is 10.6. The molecule has 39 heavy (non-hydrogen) atoms. The highest BCUT2D eigenvalue weighted by Crippen LogP contribution is 2.56. The van der Waals surface area contributed by atoms with Crippen molar-refractivity contribution in [3.8, 4) is 0 Å². The van der Waals surface area contributed by atoms with Gasteiger partial charge in [-0.25, -0.2) is 0 Å². The van der Waals surface area contributed by atoms with Crippen molar-refractivity contribution in [1.82, 2.24) is 0 Å². The van der Waals surface area contributed by atoms with Crippen molar-refractivity contribution >= 4 is 23.9 Å². The van der Waals surface area contributed by atoms with E-state index in [2.05, 4.69) is 27.7 Å². The van der Waals surface area contributed by atoms with Gasteiger partial charge in [-0.15, -0.1) is 0 Å². The van der Waals surface area contributed by atoms with Crippen molar-refractivity contribution in [3.63, 3.8) is 0 Å². The molecule has 9 heteroatoms. The van der Waals surface area contributed by atoms with Crippen LogP contribution in [0.3, 0.4) is 0 Å². The molecule has 0 aromatic rings. The molecule has 1 saturated carbocycles. The minimum atomic E-state index is -1.76. The molecule has 9 nitrogen and oxygen atoms in total. The lowest BCUT2D eigenvalue weighted by Gasteiger charge is -2.57. The molecule has 228 valence electrons. The van der Waals surface area contributed by atoms with Crippen molar-refractivity contribution in [2.75, 3.05) is 0 Å². The quantitative estimate of drug-likeness (QED) is 0.118. The van der Waals surface area contributed by atoms with Crippen LogP contribution in [0.4, 0.5) is 0 Å². The number of carboxylic acid groups (broad SMARTS) is 4. The van der Waals surface area contributed by atoms with Crippen LogP contribution in [0.1, 0.15) is 137 Å². The van der Waals surface area contributed by atoms with E-state index in [1.165, 1.54) is 96.3 Å². The van der Waals surface area contributed by atoms with E-state index in [-0.39, 0.29) is 5.54 Å². The van der Waals surface area contributed by atoms with Crippen molar-refractivity contribution in [2.24, 2.45) is 28.9 Å². The summed E-state index contributed by atoms with van der Waals surface area (Å²) in [4.78, 5) is 41.9. The third-order valence-electron chi connectivity index (χ3n) is 8.69. The molecule has 0 bridgehead atoms. The van der Waals surface area contributed by atoms with Crippen LogP contribution in [0.2, 0.25) is 0 Å². The smallest absolute Gasteiger partial charge is 0.307 e. The maximum absolute atomic E-state index is 10.6. The third kappa shape index (κ3) is 11.9. The number of rotatable bonds is 19. The predicted molar refractivity (Wildman–Crippen MR) is 152 cm³/mol. The summed E-state index contributed by atoms with van der Waals surface area (Å²) in [6, 6.07) is 0. The number of aliphatic carboxylic acids is 4. The summed E-state index contributed by atoms with van der Waals surface area (Å²) in [5.41, 5.74) is 7.82. The molecule has 0 spiro atoms. The fourth-order valence-electron chi connectivity index (χ4n) is 6.53. The molecule has 1 fully saturated rings. The summed E-state index contributed by atoms with van der Waals surface area (Å²) in [5.74, 6) is -8.91. The number of hydrogen-bond acceptors (Lipinski definition) is 5. The molecular weight excluding hydrogens is 502 g/mol. The maximum Gasteiger partial charge on any atom is 0.307 e. The molecule has 0 aromatic carbocycles. The first kappa shape index (κ1) is 36.8. The Hall–Kier alpha value is -2.16. The summed E-state index contributed by atoms with van der Waals surface area (Å²) in [5, 5.41) is 34.1. The van der Waals surface area contributed by atoms with E-state index in [9.17, 15) is 19.2 Å². The largest absolute Gasteiger partial charge is 0.481 e. The molecule has 0 radical (unpaired) electrons. The fraction of sp³-hybridized carbons (Fsp3) is 0.867. The van der Waals surface area contributed by atoms with Crippen LogP contribution >= 0.6 is 0 Å². The zero-order valence-corrected chi connectivity index (χ0v) is 24.8. The number of carbonyl (C=O) groups is 4. The Morgan fingerprint density at radius 3 is 1.49 bits per heavy atom. The van der Waals surface area contributed by atoms with Crippen LogP contribution in [0.15, 0.2) is 0 Å². The fourth-order valence-corrected chi connectivity index (χ4v) is 6.53. The van der Waals surface area contributed by atoms with Gasteiger partial charge in [-0.3, -0.25) is 19.2 Å². The van der Waals surface area contributed by atoms with Crippen LogP contribution in [-0.4, -0.2) is 49.8 Å². The van der Waals surface area contributed by atoms with Crippen molar-refractivity contribution in [1.29, 1.82) is 0 Å². The topological polar surface area (TPSA) is 175 Å². The van der Waals surface area contributed by atoms with E-state index in [1.54, 1.807) is 0 Å². The van der Waals surface area contributed by atoms with Gasteiger partial charge in [0, 0.05) is 5.54 Å². The van der Waals surface area contributed by atoms with E-state index in [0.29, 0.717) is 5.41 Å². The second kappa shape index (κ2) is 19.0. The van der Waals surface area contributed by atoms with Crippen LogP contribution in [0.25, 0.3) is 0 Å². The minimum Gasteiger partial charge on any atom is -0.481 e. The lowest BCUT2D eigenvalue weighted by molar-refractivity contribution is -0.160. The summed E-state index contributed by atoms with van der Waals surface area (Å²) < 4.78 is 0. The summed E-state index contributed by atoms with van der Waals surface area (Å²) in [7, 11) is 0. The Balaban J connectivity index is 0.000000794. The highest BCUT2D eigenvalue weighted by molar-refractivity contribution is 5.86. The Kier molecular flexibility index (Phi) is 18.0. The number of carboxylic acids is 4. The molecule has 0 amide bonds. The van der Waals surface area contributed by atoms with E-state index in [1.807, 2.05) is 0 Å². The number of nitrogens with two attached hydrogens (primary N) is 1. The Bertz CT molecular complexity index is 715. The van der Waals surface area contributed by atoms with Crippen LogP contribution in [0.5, 0.6) is 0 Å². The van der Waals surface area contributed by atoms with E-state index in [4.69, 9.17) is 26.2 Å². The zero-order valence-electron chi connectivity index (χ0n) is 24.8. The molecule has 0 aromatic heterocycles. The van der Waals surface area contributed by atoms with Gasteiger partial charge in [0.05, 0.1) is 24.7 Å². The first-order chi connectivity index (χ1) is 18.3. The molecule has 0 heterocycles. The van der Waals surface area contributed by atoms with Crippen molar-refractivity contribution in [3.05, 3.63) is 0 Å². The summed E-state index contributed by atoms with van der Waals surface area (Å²) in [6.45, 7) is 9.36. The highest BCUT2D eigenvalue weighted by Gasteiger charge is 2.53. The Morgan fingerprint density at radius 1 is 0.718 bits per heavy atom. The standard InChI is InChI=1S/C22H45N.C8H10O8/c1-5-9-14-20-15-13-19-22(23,18-12-8-4)21(20,16-10-6-2)17-11-7-3;9-5(10)1-3(7(13)14)4(8(15)16)2-6(11)12/h20H,5-19,23H2,1-4H3;3-4H,1-2H2,(H,9,10)(H,11,12)(H,13,14)(H,15,16). The van der Waals surface area contributed by atoms with Gasteiger partial charge in [-0.2, -0.15) is 0 Å². The molecule has 4 atom stereocenters. The second-order valence-corrected chi connectivity index (χ2v) is 11.4. The van der Waals surface area contributed by atoms with Crippen molar-refractivity contribution in [2.45, 2.75) is 142 Å². The van der Waals surface area contributed by atoms with Crippen molar-refractivity contribution < 1.29 is 39.6 Å². The first-order valence-electron chi connectivity index (χ1n) is 15.0. The molecule has 6 N–H and O–H groups in total. The first-order valence-corrected chi connectivity index (χ1v) is 15.0. The molecule has 4 unspecified atom stereocenters. The Labute approximate surface area is 234 Å². The molecular formula is C30H55NO8. The van der Waals surface area contributed by atoms with Gasteiger partial charge in [-0.05, 0) is 49.9 Å². The predicted octanol–water partition coefficient (Wildman–Crippen LogP) is 6.57. The van der Waals surface area contributed by atoms with Gasteiger partial charge in [0.2, 0.25) is 0 Å². The lowest BCUT2D eigenvalue weighted by Crippen LogP contribution is -2.61. The summed E-state index contributed by atoms with van der Waals surface area (Å²) in [6.07, 6.45) is 18.4. The molecule has 1 aliphatic rings. The molecule has 0 aliphatic heterocycles. The van der Waals surface area contributed by atoms with Crippen LogP contribution in [0, 0.1) is 23.2 Å². The van der Waals surface area contributed by atoms with Gasteiger partial charge in [-0.1, -0.05) is 85.5 Å². The second-order valence-electron chi connectivity index (χ2n) is 11.4. The van der Waals surface area contributed by atoms with E-state index < -0.39 is 48.6 Å². The van der Waals surface area contributed by atoms with E-state index in [0.717, 1.165) is 5.92 Å². The summed E-state index contributed by atoms with van der Waals surface area (Å²) >= 11 is 0. The third-order valence-corrected chi connectivity index (χ3v) is 8.69. The van der Waals surface area contributed by atoms with Gasteiger partial charge in [0.25, 0.3) is 0 Å². The van der Waals surface area contributed by atoms with E-state index >= 15 is 0 Å². The minimum absolute atomic E-state index is 0.115. The number of hydrogen-bond donors (Lipinski definition) is 5. The molecule has 0 saturated heterocycles. The highest BCUT2D eigenvalue weighted by atomic mass is 16.4. The average molecular weight is 558 g/mol. The van der Waals surface area contributed by atoms with Gasteiger partial charge >= 0.3 is 23.9 Å². The normalized spacial score (nSPS) is 21.7. The average Bonchev–Trinajstić information content (AvgIpc) is 2.87. The van der Waals surface area contributed by atoms with Crippen LogP contribution < -0.4 is 5.73 Å². The molecule has 1 aliphatic carbocycles. The number of unbranched alkanes of at least 4 members (excludes halogenated alkanes) is 4. The lowest BCUT2D eigenvalue weighted by atomic mass is 9.50. The zero-order chi connectivity index (χ0) is 30.1. The Morgan fingerprint density at radius 2 is 1.13 bits per heavy atom. The van der Waals surface area contributed by atoms with Crippen LogP contribution in [-0.2, 0) is 19.2 Å². The monoisotopic (exact) mass is 557 g/mol. The van der Waals surface area contributed by atoms with Gasteiger partial charge < -0.3 is 26.2 Å². The SMILES string of the molecule is CCCCC1CCCC(N)(CCCC)C1(CCCC)CCCC.O=C(O)CC(C(=O)O)C(CC(=O)O)C(=O)O. The van der Waals surface area contributed by atoms with Gasteiger partial charge in [0.15, 0.2) is 0 Å².